The summed E-state index contributed by atoms with van der Waals surface area (Å²) in [5.41, 5.74) is -0.156. The van der Waals surface area contributed by atoms with Crippen LogP contribution >= 0.6 is 0 Å². The van der Waals surface area contributed by atoms with Crippen molar-refractivity contribution in [3.8, 4) is 0 Å². The number of hydrogen-bond acceptors (Lipinski definition) is 5. The largest absolute Gasteiger partial charge is 0.384 e. The Kier molecular flexibility index (Phi) is 4.43. The van der Waals surface area contributed by atoms with Crippen LogP contribution in [0.25, 0.3) is 0 Å². The Hall–Kier alpha value is -1.45. The number of rotatable bonds is 4. The van der Waals surface area contributed by atoms with Gasteiger partial charge in [-0.3, -0.25) is 4.79 Å². The molecule has 2 aliphatic rings. The Morgan fingerprint density at radius 1 is 1.46 bits per heavy atom. The SMILES string of the molecule is COC[C@@]12CCN(S(=O)(=O)c3cn(C)cn3)C[C@@H]1CN(C(C)=O)C2. The van der Waals surface area contributed by atoms with E-state index in [0.717, 1.165) is 0 Å². The first-order valence-corrected chi connectivity index (χ1v) is 9.45. The van der Waals surface area contributed by atoms with E-state index in [1.165, 1.54) is 16.8 Å². The van der Waals surface area contributed by atoms with Crippen LogP contribution < -0.4 is 0 Å². The minimum atomic E-state index is -3.60. The molecular formula is C15H24N4O4S. The summed E-state index contributed by atoms with van der Waals surface area (Å²) in [5, 5.41) is 0.0747. The molecule has 134 valence electrons. The maximum atomic E-state index is 12.8. The molecule has 8 nitrogen and oxygen atoms in total. The zero-order chi connectivity index (χ0) is 17.5. The second kappa shape index (κ2) is 6.12. The highest BCUT2D eigenvalue weighted by Gasteiger charge is 2.52. The third kappa shape index (κ3) is 2.84. The number of ether oxygens (including phenoxy) is 1. The lowest BCUT2D eigenvalue weighted by atomic mass is 9.74. The maximum Gasteiger partial charge on any atom is 0.262 e. The number of aryl methyl sites for hydroxylation is 1. The summed E-state index contributed by atoms with van der Waals surface area (Å²) < 4.78 is 34.1. The molecule has 0 N–H and O–H groups in total. The van der Waals surface area contributed by atoms with Crippen molar-refractivity contribution in [3.05, 3.63) is 12.5 Å². The van der Waals surface area contributed by atoms with E-state index in [1.807, 2.05) is 0 Å². The summed E-state index contributed by atoms with van der Waals surface area (Å²) in [6.07, 6.45) is 3.68. The zero-order valence-corrected chi connectivity index (χ0v) is 15.1. The van der Waals surface area contributed by atoms with Gasteiger partial charge in [-0.15, -0.1) is 0 Å². The normalized spacial score (nSPS) is 28.1. The molecule has 3 heterocycles. The first-order chi connectivity index (χ1) is 11.3. The number of fused-ring (bicyclic) bond motifs is 1. The predicted molar refractivity (Wildman–Crippen MR) is 86.6 cm³/mol. The number of sulfonamides is 1. The van der Waals surface area contributed by atoms with Crippen LogP contribution in [0.5, 0.6) is 0 Å². The summed E-state index contributed by atoms with van der Waals surface area (Å²) >= 11 is 0. The van der Waals surface area contributed by atoms with Gasteiger partial charge in [0, 0.05) is 58.9 Å². The molecule has 9 heteroatoms. The molecule has 0 bridgehead atoms. The minimum absolute atomic E-state index is 0.0269. The molecule has 2 saturated heterocycles. The zero-order valence-electron chi connectivity index (χ0n) is 14.3. The Bertz CT molecular complexity index is 732. The van der Waals surface area contributed by atoms with Gasteiger partial charge >= 0.3 is 0 Å². The van der Waals surface area contributed by atoms with Crippen molar-refractivity contribution in [3.63, 3.8) is 0 Å². The van der Waals surface area contributed by atoms with E-state index in [9.17, 15) is 13.2 Å². The lowest BCUT2D eigenvalue weighted by Crippen LogP contribution is -2.50. The molecule has 0 saturated carbocycles. The van der Waals surface area contributed by atoms with Crippen LogP contribution in [0, 0.1) is 11.3 Å². The first kappa shape index (κ1) is 17.4. The number of nitrogens with zero attached hydrogens (tertiary/aromatic N) is 4. The van der Waals surface area contributed by atoms with Crippen molar-refractivity contribution < 1.29 is 17.9 Å². The molecule has 1 amide bonds. The number of aromatic nitrogens is 2. The fraction of sp³-hybridized carbons (Fsp3) is 0.733. The van der Waals surface area contributed by atoms with Gasteiger partial charge in [0.1, 0.15) is 0 Å². The van der Waals surface area contributed by atoms with E-state index < -0.39 is 10.0 Å². The van der Waals surface area contributed by atoms with Crippen molar-refractivity contribution in [1.82, 2.24) is 18.8 Å². The first-order valence-electron chi connectivity index (χ1n) is 8.01. The van der Waals surface area contributed by atoms with Crippen LogP contribution in [-0.2, 0) is 26.6 Å². The number of likely N-dealkylation sites (tertiary alicyclic amines) is 1. The summed E-state index contributed by atoms with van der Waals surface area (Å²) in [5.74, 6) is 0.104. The highest BCUT2D eigenvalue weighted by molar-refractivity contribution is 7.89. The number of methoxy groups -OCH3 is 1. The molecule has 1 aromatic rings. The van der Waals surface area contributed by atoms with Gasteiger partial charge in [0.05, 0.1) is 12.9 Å². The average Bonchev–Trinajstić information content (AvgIpc) is 3.11. The Morgan fingerprint density at radius 2 is 2.21 bits per heavy atom. The van der Waals surface area contributed by atoms with Crippen LogP contribution in [0.15, 0.2) is 17.6 Å². The van der Waals surface area contributed by atoms with Crippen LogP contribution in [0.4, 0.5) is 0 Å². The van der Waals surface area contributed by atoms with Gasteiger partial charge in [-0.05, 0) is 12.3 Å². The molecule has 0 unspecified atom stereocenters. The molecule has 3 rings (SSSR count). The quantitative estimate of drug-likeness (QED) is 0.754. The molecule has 0 aromatic carbocycles. The topological polar surface area (TPSA) is 84.7 Å². The van der Waals surface area contributed by atoms with Gasteiger partial charge in [0.25, 0.3) is 10.0 Å². The maximum absolute atomic E-state index is 12.8. The van der Waals surface area contributed by atoms with E-state index >= 15 is 0 Å². The third-order valence-electron chi connectivity index (χ3n) is 5.26. The minimum Gasteiger partial charge on any atom is -0.384 e. The fourth-order valence-electron chi connectivity index (χ4n) is 3.89. The highest BCUT2D eigenvalue weighted by Crippen LogP contribution is 2.44. The van der Waals surface area contributed by atoms with Crippen LogP contribution in [0.3, 0.4) is 0 Å². The van der Waals surface area contributed by atoms with E-state index in [1.54, 1.807) is 30.5 Å². The molecule has 2 fully saturated rings. The fourth-order valence-corrected chi connectivity index (χ4v) is 5.34. The van der Waals surface area contributed by atoms with Crippen molar-refractivity contribution >= 4 is 15.9 Å². The highest BCUT2D eigenvalue weighted by atomic mass is 32.2. The number of amides is 1. The standard InChI is InChI=1S/C15H24N4O4S/c1-12(20)18-6-13-7-19(5-4-15(13,9-18)10-23-3)24(21,22)14-8-17(2)11-16-14/h8,11,13H,4-7,9-10H2,1-3H3/t13-,15-/m0/s1. The molecule has 2 atom stereocenters. The van der Waals surface area contributed by atoms with Gasteiger partial charge in [-0.1, -0.05) is 0 Å². The van der Waals surface area contributed by atoms with Gasteiger partial charge in [-0.2, -0.15) is 4.31 Å². The lowest BCUT2D eigenvalue weighted by molar-refractivity contribution is -0.128. The molecule has 0 aliphatic carbocycles. The van der Waals surface area contributed by atoms with E-state index in [2.05, 4.69) is 4.98 Å². The van der Waals surface area contributed by atoms with E-state index in [0.29, 0.717) is 39.2 Å². The Labute approximate surface area is 142 Å². The van der Waals surface area contributed by atoms with E-state index in [-0.39, 0.29) is 22.3 Å². The summed E-state index contributed by atoms with van der Waals surface area (Å²) in [7, 11) is -0.207. The Balaban J connectivity index is 1.84. The van der Waals surface area contributed by atoms with Gasteiger partial charge < -0.3 is 14.2 Å². The molecular weight excluding hydrogens is 332 g/mol. The van der Waals surface area contributed by atoms with Crippen molar-refractivity contribution in [2.45, 2.75) is 18.4 Å². The number of piperidine rings is 1. The Morgan fingerprint density at radius 3 is 2.79 bits per heavy atom. The van der Waals surface area contributed by atoms with E-state index in [4.69, 9.17) is 4.74 Å². The number of imidazole rings is 1. The smallest absolute Gasteiger partial charge is 0.262 e. The van der Waals surface area contributed by atoms with Gasteiger partial charge in [0.15, 0.2) is 5.03 Å². The monoisotopic (exact) mass is 356 g/mol. The van der Waals surface area contributed by atoms with Crippen LogP contribution in [-0.4, -0.2) is 73.0 Å². The number of carbonyl (C=O) groups is 1. The lowest BCUT2D eigenvalue weighted by Gasteiger charge is -2.42. The second-order valence-corrected chi connectivity index (χ2v) is 8.77. The molecule has 0 spiro atoms. The third-order valence-corrected chi connectivity index (χ3v) is 7.01. The molecule has 0 radical (unpaired) electrons. The number of carbonyl (C=O) groups excluding carboxylic acids is 1. The summed E-state index contributed by atoms with van der Waals surface area (Å²) in [4.78, 5) is 17.6. The average molecular weight is 356 g/mol. The molecule has 1 aromatic heterocycles. The van der Waals surface area contributed by atoms with Gasteiger partial charge in [0.2, 0.25) is 5.91 Å². The van der Waals surface area contributed by atoms with Crippen molar-refractivity contribution in [2.75, 3.05) is 39.9 Å². The van der Waals surface area contributed by atoms with Crippen molar-refractivity contribution in [1.29, 1.82) is 0 Å². The van der Waals surface area contributed by atoms with Crippen molar-refractivity contribution in [2.24, 2.45) is 18.4 Å². The van der Waals surface area contributed by atoms with Gasteiger partial charge in [-0.25, -0.2) is 13.4 Å². The predicted octanol–water partition coefficient (Wildman–Crippen LogP) is -0.0744. The van der Waals surface area contributed by atoms with Crippen LogP contribution in [0.1, 0.15) is 13.3 Å². The summed E-state index contributed by atoms with van der Waals surface area (Å²) in [6.45, 7) is 4.13. The second-order valence-electron chi connectivity index (χ2n) is 6.88. The molecule has 2 aliphatic heterocycles. The summed E-state index contributed by atoms with van der Waals surface area (Å²) in [6, 6.07) is 0. The molecule has 24 heavy (non-hydrogen) atoms. The number of hydrogen-bond donors (Lipinski definition) is 0. The van der Waals surface area contributed by atoms with Crippen LogP contribution in [0.2, 0.25) is 0 Å².